The number of hydrogen-bond acceptors (Lipinski definition) is 0. The van der Waals surface area contributed by atoms with Gasteiger partial charge in [0.25, 0.3) is 0 Å². The molecule has 4 rings (SSSR count). The van der Waals surface area contributed by atoms with E-state index in [4.69, 9.17) is 0 Å². The number of allylic oxidation sites excluding steroid dienone is 8. The van der Waals surface area contributed by atoms with Crippen molar-refractivity contribution >= 4 is 5.57 Å². The average molecular weight is 274 g/mol. The maximum Gasteiger partial charge on any atom is -0.00952 e. The fourth-order valence-electron chi connectivity index (χ4n) is 4.43. The average Bonchev–Trinajstić information content (AvgIpc) is 2.80. The van der Waals surface area contributed by atoms with Gasteiger partial charge in [-0.3, -0.25) is 0 Å². The van der Waals surface area contributed by atoms with Crippen LogP contribution in [0.1, 0.15) is 19.4 Å². The smallest absolute Gasteiger partial charge is 0.00952 e. The Hall–Kier alpha value is -1.82. The van der Waals surface area contributed by atoms with E-state index in [1.165, 1.54) is 16.7 Å². The van der Waals surface area contributed by atoms with E-state index in [9.17, 15) is 0 Å². The molecule has 106 valence electrons. The van der Waals surface area contributed by atoms with Crippen molar-refractivity contribution < 1.29 is 0 Å². The summed E-state index contributed by atoms with van der Waals surface area (Å²) in [6.45, 7) is 4.66. The van der Waals surface area contributed by atoms with Gasteiger partial charge < -0.3 is 0 Å². The minimum Gasteiger partial charge on any atom is -0.0800 e. The zero-order valence-corrected chi connectivity index (χ0v) is 12.7. The highest BCUT2D eigenvalue weighted by Gasteiger charge is 2.45. The maximum absolute atomic E-state index is 2.53. The molecule has 0 saturated heterocycles. The SMILES string of the molecule is CC1=CC2C(C)C3C=C(c4ccccc4)C=CC3C2C=C1. The Balaban J connectivity index is 1.70. The van der Waals surface area contributed by atoms with Gasteiger partial charge in [-0.05, 0) is 47.6 Å². The van der Waals surface area contributed by atoms with Gasteiger partial charge in [0, 0.05) is 0 Å². The molecule has 0 spiro atoms. The topological polar surface area (TPSA) is 0 Å². The van der Waals surface area contributed by atoms with Gasteiger partial charge in [0.05, 0.1) is 0 Å². The second-order valence-corrected chi connectivity index (χ2v) is 6.79. The van der Waals surface area contributed by atoms with E-state index < -0.39 is 0 Å². The maximum atomic E-state index is 2.53. The van der Waals surface area contributed by atoms with E-state index in [0.29, 0.717) is 23.7 Å². The molecule has 0 bridgehead atoms. The molecule has 5 unspecified atom stereocenters. The summed E-state index contributed by atoms with van der Waals surface area (Å²) in [4.78, 5) is 0. The van der Waals surface area contributed by atoms with E-state index in [1.807, 2.05) is 0 Å². The first-order chi connectivity index (χ1) is 10.2. The van der Waals surface area contributed by atoms with Crippen LogP contribution in [0.15, 0.2) is 72.4 Å². The first kappa shape index (κ1) is 12.9. The molecule has 21 heavy (non-hydrogen) atoms. The van der Waals surface area contributed by atoms with Crippen LogP contribution in [0.3, 0.4) is 0 Å². The minimum absolute atomic E-state index is 0.673. The first-order valence-electron chi connectivity index (χ1n) is 8.06. The van der Waals surface area contributed by atoms with Crippen molar-refractivity contribution in [3.05, 3.63) is 77.9 Å². The van der Waals surface area contributed by atoms with E-state index in [0.717, 1.165) is 5.92 Å². The van der Waals surface area contributed by atoms with Gasteiger partial charge in [-0.25, -0.2) is 0 Å². The lowest BCUT2D eigenvalue weighted by atomic mass is 9.80. The molecule has 0 heterocycles. The number of benzene rings is 1. The highest BCUT2D eigenvalue weighted by molar-refractivity contribution is 5.75. The molecule has 1 saturated carbocycles. The standard InChI is InChI=1S/C21H22/c1-14-8-10-18-19-11-9-17(16-6-4-3-5-7-16)13-21(19)15(2)20(18)12-14/h3-13,15,18-21H,1-2H3. The quantitative estimate of drug-likeness (QED) is 0.654. The Morgan fingerprint density at radius 2 is 1.43 bits per heavy atom. The predicted octanol–water partition coefficient (Wildman–Crippen LogP) is 5.27. The molecule has 3 aliphatic rings. The van der Waals surface area contributed by atoms with Crippen LogP contribution in [0.25, 0.3) is 5.57 Å². The van der Waals surface area contributed by atoms with E-state index in [2.05, 4.69) is 80.6 Å². The van der Waals surface area contributed by atoms with Crippen molar-refractivity contribution in [1.29, 1.82) is 0 Å². The van der Waals surface area contributed by atoms with Crippen LogP contribution in [0.2, 0.25) is 0 Å². The monoisotopic (exact) mass is 274 g/mol. The third-order valence-corrected chi connectivity index (χ3v) is 5.56. The molecule has 3 aliphatic carbocycles. The normalized spacial score (nSPS) is 36.8. The van der Waals surface area contributed by atoms with Crippen molar-refractivity contribution in [1.82, 2.24) is 0 Å². The fraction of sp³-hybridized carbons (Fsp3) is 0.333. The fourth-order valence-corrected chi connectivity index (χ4v) is 4.43. The molecule has 0 aliphatic heterocycles. The second kappa shape index (κ2) is 4.87. The Labute approximate surface area is 127 Å². The van der Waals surface area contributed by atoms with Crippen molar-refractivity contribution in [2.75, 3.05) is 0 Å². The Kier molecular flexibility index (Phi) is 2.99. The molecule has 1 aromatic carbocycles. The van der Waals surface area contributed by atoms with Crippen LogP contribution < -0.4 is 0 Å². The number of fused-ring (bicyclic) bond motifs is 3. The largest absolute Gasteiger partial charge is 0.0800 e. The van der Waals surface area contributed by atoms with Gasteiger partial charge in [-0.2, -0.15) is 0 Å². The summed E-state index contributed by atoms with van der Waals surface area (Å²) in [5.41, 5.74) is 4.17. The predicted molar refractivity (Wildman–Crippen MR) is 89.6 cm³/mol. The van der Waals surface area contributed by atoms with Crippen LogP contribution in [-0.4, -0.2) is 0 Å². The summed E-state index contributed by atoms with van der Waals surface area (Å²) < 4.78 is 0. The summed E-state index contributed by atoms with van der Waals surface area (Å²) >= 11 is 0. The molecule has 5 atom stereocenters. The van der Waals surface area contributed by atoms with Gasteiger partial charge in [0.1, 0.15) is 0 Å². The van der Waals surface area contributed by atoms with Gasteiger partial charge >= 0.3 is 0 Å². The van der Waals surface area contributed by atoms with Crippen LogP contribution >= 0.6 is 0 Å². The summed E-state index contributed by atoms with van der Waals surface area (Å²) in [6.07, 6.45) is 14.6. The number of hydrogen-bond donors (Lipinski definition) is 0. The summed E-state index contributed by atoms with van der Waals surface area (Å²) in [6, 6.07) is 10.8. The first-order valence-corrected chi connectivity index (χ1v) is 8.06. The summed E-state index contributed by atoms with van der Waals surface area (Å²) in [5.74, 6) is 3.48. The zero-order chi connectivity index (χ0) is 14.4. The lowest BCUT2D eigenvalue weighted by molar-refractivity contribution is 0.414. The Bertz CT molecular complexity index is 657. The summed E-state index contributed by atoms with van der Waals surface area (Å²) in [7, 11) is 0. The molecule has 0 nitrogen and oxygen atoms in total. The molecule has 0 radical (unpaired) electrons. The Morgan fingerprint density at radius 3 is 2.19 bits per heavy atom. The highest BCUT2D eigenvalue weighted by Crippen LogP contribution is 2.52. The highest BCUT2D eigenvalue weighted by atomic mass is 14.5. The van der Waals surface area contributed by atoms with Gasteiger partial charge in [0.2, 0.25) is 0 Å². The van der Waals surface area contributed by atoms with E-state index in [1.54, 1.807) is 0 Å². The summed E-state index contributed by atoms with van der Waals surface area (Å²) in [5, 5.41) is 0. The molecular weight excluding hydrogens is 252 g/mol. The molecule has 0 N–H and O–H groups in total. The zero-order valence-electron chi connectivity index (χ0n) is 12.7. The minimum atomic E-state index is 0.673. The van der Waals surface area contributed by atoms with Gasteiger partial charge in [-0.1, -0.05) is 79.3 Å². The molecule has 0 heteroatoms. The van der Waals surface area contributed by atoms with Crippen molar-refractivity contribution in [3.8, 4) is 0 Å². The van der Waals surface area contributed by atoms with Crippen LogP contribution in [-0.2, 0) is 0 Å². The van der Waals surface area contributed by atoms with Crippen molar-refractivity contribution in [2.24, 2.45) is 29.6 Å². The van der Waals surface area contributed by atoms with Crippen LogP contribution in [0.4, 0.5) is 0 Å². The lowest BCUT2D eigenvalue weighted by Crippen LogP contribution is -2.15. The van der Waals surface area contributed by atoms with Gasteiger partial charge in [-0.15, -0.1) is 0 Å². The van der Waals surface area contributed by atoms with Crippen LogP contribution in [0.5, 0.6) is 0 Å². The Morgan fingerprint density at radius 1 is 0.762 bits per heavy atom. The third-order valence-electron chi connectivity index (χ3n) is 5.56. The molecule has 1 fully saturated rings. The molecule has 1 aromatic rings. The van der Waals surface area contributed by atoms with Crippen molar-refractivity contribution in [3.63, 3.8) is 0 Å². The van der Waals surface area contributed by atoms with Crippen LogP contribution in [0, 0.1) is 29.6 Å². The van der Waals surface area contributed by atoms with E-state index in [-0.39, 0.29) is 0 Å². The van der Waals surface area contributed by atoms with Crippen molar-refractivity contribution in [2.45, 2.75) is 13.8 Å². The molecular formula is C21H22. The van der Waals surface area contributed by atoms with E-state index >= 15 is 0 Å². The lowest BCUT2D eigenvalue weighted by Gasteiger charge is -2.24. The second-order valence-electron chi connectivity index (χ2n) is 6.79. The number of rotatable bonds is 1. The van der Waals surface area contributed by atoms with Gasteiger partial charge in [0.15, 0.2) is 0 Å². The molecule has 0 aromatic heterocycles. The molecule has 0 amide bonds. The third kappa shape index (κ3) is 2.05.